The minimum absolute atomic E-state index is 0. The number of benzene rings is 1. The minimum Gasteiger partial charge on any atom is -0.486 e. The number of hydrogen-bond acceptors (Lipinski definition) is 3. The third kappa shape index (κ3) is 4.23. The summed E-state index contributed by atoms with van der Waals surface area (Å²) in [6.45, 7) is 2.51. The van der Waals surface area contributed by atoms with Gasteiger partial charge in [-0.2, -0.15) is 0 Å². The topological polar surface area (TPSA) is 21.7 Å². The van der Waals surface area contributed by atoms with Crippen LogP contribution in [0.15, 0.2) is 24.3 Å². The van der Waals surface area contributed by atoms with Crippen LogP contribution in [0.4, 0.5) is 0 Å². The maximum absolute atomic E-state index is 5.88. The van der Waals surface area contributed by atoms with Crippen LogP contribution in [0.25, 0.3) is 0 Å². The molecule has 0 N–H and O–H groups in total. The second kappa shape index (κ2) is 7.72. The number of ether oxygens (including phenoxy) is 2. The molecule has 0 fully saturated rings. The van der Waals surface area contributed by atoms with E-state index in [0.29, 0.717) is 12.5 Å². The van der Waals surface area contributed by atoms with E-state index in [2.05, 4.69) is 11.9 Å². The van der Waals surface area contributed by atoms with Crippen molar-refractivity contribution in [3.63, 3.8) is 0 Å². The highest BCUT2D eigenvalue weighted by Gasteiger charge is 2.20. The molecule has 5 heteroatoms. The third-order valence-corrected chi connectivity index (χ3v) is 3.04. The molecule has 1 aliphatic heterocycles. The van der Waals surface area contributed by atoms with Crippen molar-refractivity contribution in [1.29, 1.82) is 0 Å². The molecule has 3 nitrogen and oxygen atoms in total. The summed E-state index contributed by atoms with van der Waals surface area (Å²) in [6.07, 6.45) is 1.10. The second-order valence-electron chi connectivity index (χ2n) is 4.28. The van der Waals surface area contributed by atoms with Crippen LogP contribution >= 0.6 is 24.0 Å². The summed E-state index contributed by atoms with van der Waals surface area (Å²) in [7, 11) is 2.07. The summed E-state index contributed by atoms with van der Waals surface area (Å²) < 4.78 is 11.5. The van der Waals surface area contributed by atoms with Crippen LogP contribution in [-0.4, -0.2) is 43.6 Å². The molecule has 0 aliphatic carbocycles. The maximum atomic E-state index is 5.88. The van der Waals surface area contributed by atoms with Gasteiger partial charge in [0.05, 0.1) is 0 Å². The lowest BCUT2D eigenvalue weighted by Crippen LogP contribution is -2.33. The van der Waals surface area contributed by atoms with Crippen molar-refractivity contribution in [3.8, 4) is 11.5 Å². The maximum Gasteiger partial charge on any atom is 0.161 e. The molecule has 0 aromatic heterocycles. The molecule has 1 unspecified atom stereocenters. The van der Waals surface area contributed by atoms with Gasteiger partial charge in [0.15, 0.2) is 11.5 Å². The summed E-state index contributed by atoms with van der Waals surface area (Å²) in [4.78, 5) is 2.21. The van der Waals surface area contributed by atoms with Crippen LogP contribution in [-0.2, 0) is 0 Å². The van der Waals surface area contributed by atoms with Crippen LogP contribution in [0.2, 0.25) is 0 Å². The molecule has 0 spiro atoms. The van der Waals surface area contributed by atoms with Crippen LogP contribution in [0.1, 0.15) is 6.42 Å². The first-order valence-corrected chi connectivity index (χ1v) is 6.46. The van der Waals surface area contributed by atoms with Gasteiger partial charge in [-0.05, 0) is 19.2 Å². The molecule has 1 aromatic carbocycles. The SMILES string of the molecule is CN(CCCl)CCC1COc2ccccc2O1.Cl. The predicted molar refractivity (Wildman–Crippen MR) is 76.4 cm³/mol. The molecule has 1 atom stereocenters. The van der Waals surface area contributed by atoms with Crippen molar-refractivity contribution < 1.29 is 9.47 Å². The van der Waals surface area contributed by atoms with Crippen molar-refractivity contribution >= 4 is 24.0 Å². The normalized spacial score (nSPS) is 17.4. The lowest BCUT2D eigenvalue weighted by Gasteiger charge is -2.27. The zero-order chi connectivity index (χ0) is 12.1. The third-order valence-electron chi connectivity index (χ3n) is 2.87. The molecule has 0 saturated carbocycles. The lowest BCUT2D eigenvalue weighted by atomic mass is 10.2. The summed E-state index contributed by atoms with van der Waals surface area (Å²) in [5, 5.41) is 0. The molecule has 1 aromatic rings. The molecular weight excluding hydrogens is 273 g/mol. The van der Waals surface area contributed by atoms with Gasteiger partial charge < -0.3 is 14.4 Å². The van der Waals surface area contributed by atoms with Gasteiger partial charge in [-0.15, -0.1) is 24.0 Å². The fourth-order valence-electron chi connectivity index (χ4n) is 1.83. The first-order valence-electron chi connectivity index (χ1n) is 5.92. The van der Waals surface area contributed by atoms with Crippen molar-refractivity contribution in [2.24, 2.45) is 0 Å². The fourth-order valence-corrected chi connectivity index (χ4v) is 2.11. The Kier molecular flexibility index (Phi) is 6.61. The summed E-state index contributed by atoms with van der Waals surface area (Å²) in [5.41, 5.74) is 0. The van der Waals surface area contributed by atoms with Gasteiger partial charge in [0.1, 0.15) is 12.7 Å². The molecule has 0 amide bonds. The molecule has 1 heterocycles. The zero-order valence-corrected chi connectivity index (χ0v) is 12.0. The van der Waals surface area contributed by atoms with Gasteiger partial charge in [0, 0.05) is 25.4 Å². The molecular formula is C13H19Cl2NO2. The molecule has 102 valence electrons. The van der Waals surface area contributed by atoms with E-state index in [1.54, 1.807) is 0 Å². The highest BCUT2D eigenvalue weighted by atomic mass is 35.5. The molecule has 0 bridgehead atoms. The average molecular weight is 292 g/mol. The average Bonchev–Trinajstić information content (AvgIpc) is 2.36. The van der Waals surface area contributed by atoms with Gasteiger partial charge in [-0.3, -0.25) is 0 Å². The van der Waals surface area contributed by atoms with Crippen LogP contribution in [0.3, 0.4) is 0 Å². The lowest BCUT2D eigenvalue weighted by molar-refractivity contribution is 0.0779. The van der Waals surface area contributed by atoms with E-state index in [-0.39, 0.29) is 18.5 Å². The van der Waals surface area contributed by atoms with Gasteiger partial charge in [-0.1, -0.05) is 12.1 Å². The van der Waals surface area contributed by atoms with E-state index in [1.165, 1.54) is 0 Å². The number of halogens is 2. The Morgan fingerprint density at radius 1 is 1.28 bits per heavy atom. The monoisotopic (exact) mass is 291 g/mol. The molecule has 2 rings (SSSR count). The van der Waals surface area contributed by atoms with E-state index in [0.717, 1.165) is 31.0 Å². The molecule has 0 radical (unpaired) electrons. The number of fused-ring (bicyclic) bond motifs is 1. The summed E-state index contributed by atoms with van der Waals surface area (Å²) >= 11 is 5.69. The van der Waals surface area contributed by atoms with Crippen LogP contribution in [0, 0.1) is 0 Å². The van der Waals surface area contributed by atoms with Crippen molar-refractivity contribution in [2.45, 2.75) is 12.5 Å². The van der Waals surface area contributed by atoms with Gasteiger partial charge in [0.2, 0.25) is 0 Å². The Bertz CT molecular complexity index is 363. The first kappa shape index (κ1) is 15.4. The Morgan fingerprint density at radius 3 is 2.72 bits per heavy atom. The van der Waals surface area contributed by atoms with Crippen molar-refractivity contribution in [3.05, 3.63) is 24.3 Å². The van der Waals surface area contributed by atoms with Crippen molar-refractivity contribution in [1.82, 2.24) is 4.90 Å². The summed E-state index contributed by atoms with van der Waals surface area (Å²) in [5.74, 6) is 2.36. The molecule has 0 saturated heterocycles. The van der Waals surface area contributed by atoms with Crippen LogP contribution < -0.4 is 9.47 Å². The Morgan fingerprint density at radius 2 is 2.00 bits per heavy atom. The number of hydrogen-bond donors (Lipinski definition) is 0. The minimum atomic E-state index is 0. The molecule has 18 heavy (non-hydrogen) atoms. The Balaban J connectivity index is 0.00000162. The number of nitrogens with zero attached hydrogens (tertiary/aromatic N) is 1. The summed E-state index contributed by atoms with van der Waals surface area (Å²) in [6, 6.07) is 7.80. The largest absolute Gasteiger partial charge is 0.486 e. The van der Waals surface area contributed by atoms with Crippen molar-refractivity contribution in [2.75, 3.05) is 32.6 Å². The fraction of sp³-hybridized carbons (Fsp3) is 0.538. The highest BCUT2D eigenvalue weighted by molar-refractivity contribution is 6.18. The van der Waals surface area contributed by atoms with E-state index >= 15 is 0 Å². The van der Waals surface area contributed by atoms with E-state index in [1.807, 2.05) is 24.3 Å². The van der Waals surface area contributed by atoms with Gasteiger partial charge in [0.25, 0.3) is 0 Å². The highest BCUT2D eigenvalue weighted by Crippen LogP contribution is 2.31. The number of para-hydroxylation sites is 2. The van der Waals surface area contributed by atoms with E-state index in [4.69, 9.17) is 21.1 Å². The first-order chi connectivity index (χ1) is 8.29. The predicted octanol–water partition coefficient (Wildman–Crippen LogP) is 2.81. The Hall–Kier alpha value is -0.640. The number of rotatable bonds is 5. The van der Waals surface area contributed by atoms with E-state index < -0.39 is 0 Å². The quantitative estimate of drug-likeness (QED) is 0.779. The smallest absolute Gasteiger partial charge is 0.161 e. The van der Waals surface area contributed by atoms with E-state index in [9.17, 15) is 0 Å². The molecule has 1 aliphatic rings. The zero-order valence-electron chi connectivity index (χ0n) is 10.5. The second-order valence-corrected chi connectivity index (χ2v) is 4.66. The van der Waals surface area contributed by atoms with Crippen LogP contribution in [0.5, 0.6) is 11.5 Å². The number of alkyl halides is 1. The van der Waals surface area contributed by atoms with Gasteiger partial charge in [-0.25, -0.2) is 0 Å². The van der Waals surface area contributed by atoms with Gasteiger partial charge >= 0.3 is 0 Å². The Labute approximate surface area is 119 Å². The standard InChI is InChI=1S/C13H18ClNO2.ClH/c1-15(9-7-14)8-6-11-10-16-12-4-2-3-5-13(12)17-11;/h2-5,11H,6-10H2,1H3;1H.